The van der Waals surface area contributed by atoms with E-state index < -0.39 is 10.1 Å². The van der Waals surface area contributed by atoms with Crippen LogP contribution in [-0.2, 0) is 16.5 Å². The largest absolute Gasteiger partial charge is 0.294 e. The SMILES string of the molecule is CO[n+]1c(C)cccc1Cc1ccc(S(=O)(=O)O)cc1. The third-order valence-corrected chi connectivity index (χ3v) is 3.86. The lowest BCUT2D eigenvalue weighted by Crippen LogP contribution is -2.47. The van der Waals surface area contributed by atoms with Crippen molar-refractivity contribution in [3.8, 4) is 0 Å². The molecule has 20 heavy (non-hydrogen) atoms. The minimum atomic E-state index is -4.14. The second-order valence-corrected chi connectivity index (χ2v) is 5.85. The molecule has 0 aliphatic carbocycles. The number of pyridine rings is 1. The number of hydrogen-bond acceptors (Lipinski definition) is 3. The lowest BCUT2D eigenvalue weighted by Gasteiger charge is -2.04. The molecule has 1 N–H and O–H groups in total. The zero-order valence-corrected chi connectivity index (χ0v) is 12.1. The van der Waals surface area contributed by atoms with Crippen molar-refractivity contribution in [2.24, 2.45) is 0 Å². The molecule has 0 aliphatic rings. The monoisotopic (exact) mass is 294 g/mol. The Bertz CT molecular complexity index is 708. The topological polar surface area (TPSA) is 67.5 Å². The maximum atomic E-state index is 11.0. The summed E-state index contributed by atoms with van der Waals surface area (Å²) in [6.07, 6.45) is 0.598. The van der Waals surface area contributed by atoms with Gasteiger partial charge in [-0.25, -0.2) is 0 Å². The third-order valence-electron chi connectivity index (χ3n) is 3.00. The van der Waals surface area contributed by atoms with Gasteiger partial charge in [-0.05, 0) is 23.8 Å². The van der Waals surface area contributed by atoms with Crippen molar-refractivity contribution in [3.63, 3.8) is 0 Å². The molecule has 0 aliphatic heterocycles. The van der Waals surface area contributed by atoms with Crippen molar-refractivity contribution < 1.29 is 22.5 Å². The molecule has 5 nitrogen and oxygen atoms in total. The molecular weight excluding hydrogens is 278 g/mol. The lowest BCUT2D eigenvalue weighted by atomic mass is 10.1. The average Bonchev–Trinajstić information content (AvgIpc) is 2.38. The van der Waals surface area contributed by atoms with Crippen molar-refractivity contribution in [2.45, 2.75) is 18.2 Å². The number of hydrogen-bond donors (Lipinski definition) is 1. The molecule has 0 atom stereocenters. The van der Waals surface area contributed by atoms with E-state index in [-0.39, 0.29) is 4.90 Å². The maximum Gasteiger partial charge on any atom is 0.294 e. The highest BCUT2D eigenvalue weighted by molar-refractivity contribution is 7.85. The van der Waals surface area contributed by atoms with E-state index in [1.54, 1.807) is 24.0 Å². The van der Waals surface area contributed by atoms with Crippen molar-refractivity contribution in [3.05, 3.63) is 59.4 Å². The summed E-state index contributed by atoms with van der Waals surface area (Å²) in [6, 6.07) is 11.9. The van der Waals surface area contributed by atoms with Gasteiger partial charge in [0.1, 0.15) is 7.11 Å². The Hall–Kier alpha value is -1.92. The van der Waals surface area contributed by atoms with Gasteiger partial charge in [0.25, 0.3) is 10.1 Å². The molecule has 1 heterocycles. The molecule has 0 bridgehead atoms. The molecule has 2 rings (SSSR count). The molecule has 0 fully saturated rings. The fourth-order valence-corrected chi connectivity index (χ4v) is 2.52. The van der Waals surface area contributed by atoms with E-state index in [1.165, 1.54) is 12.1 Å². The van der Waals surface area contributed by atoms with Crippen LogP contribution in [0.15, 0.2) is 47.4 Å². The Morgan fingerprint density at radius 2 is 1.80 bits per heavy atom. The summed E-state index contributed by atoms with van der Waals surface area (Å²) >= 11 is 0. The van der Waals surface area contributed by atoms with E-state index in [1.807, 2.05) is 25.1 Å². The van der Waals surface area contributed by atoms with Crippen LogP contribution in [0, 0.1) is 6.92 Å². The first-order valence-electron chi connectivity index (χ1n) is 6.03. The molecule has 0 amide bonds. The van der Waals surface area contributed by atoms with E-state index in [0.717, 1.165) is 17.0 Å². The number of rotatable bonds is 4. The van der Waals surface area contributed by atoms with Crippen molar-refractivity contribution in [2.75, 3.05) is 7.11 Å². The summed E-state index contributed by atoms with van der Waals surface area (Å²) in [5, 5.41) is 0. The van der Waals surface area contributed by atoms with Gasteiger partial charge in [-0.3, -0.25) is 9.39 Å². The molecule has 2 aromatic rings. The summed E-state index contributed by atoms with van der Waals surface area (Å²) in [6.45, 7) is 1.94. The lowest BCUT2D eigenvalue weighted by molar-refractivity contribution is -0.894. The van der Waals surface area contributed by atoms with E-state index in [2.05, 4.69) is 0 Å². The Kier molecular flexibility index (Phi) is 4.06. The quantitative estimate of drug-likeness (QED) is 0.679. The Morgan fingerprint density at radius 3 is 2.35 bits per heavy atom. The van der Waals surface area contributed by atoms with E-state index >= 15 is 0 Å². The highest BCUT2D eigenvalue weighted by Gasteiger charge is 2.16. The molecule has 0 unspecified atom stereocenters. The molecule has 0 radical (unpaired) electrons. The zero-order chi connectivity index (χ0) is 14.8. The Labute approximate surface area is 118 Å². The van der Waals surface area contributed by atoms with Gasteiger partial charge in [-0.2, -0.15) is 8.42 Å². The first-order valence-corrected chi connectivity index (χ1v) is 7.47. The Balaban J connectivity index is 2.29. The summed E-state index contributed by atoms with van der Waals surface area (Å²) in [5.41, 5.74) is 2.85. The van der Waals surface area contributed by atoms with Crippen LogP contribution in [-0.4, -0.2) is 20.1 Å². The smallest absolute Gasteiger partial charge is 0.282 e. The van der Waals surface area contributed by atoms with Crippen molar-refractivity contribution >= 4 is 10.1 Å². The minimum absolute atomic E-state index is 0.106. The van der Waals surface area contributed by atoms with Crippen LogP contribution in [0.2, 0.25) is 0 Å². The molecule has 1 aromatic heterocycles. The minimum Gasteiger partial charge on any atom is -0.282 e. The average molecular weight is 294 g/mol. The van der Waals surface area contributed by atoms with Gasteiger partial charge >= 0.3 is 0 Å². The van der Waals surface area contributed by atoms with Gasteiger partial charge < -0.3 is 0 Å². The standard InChI is InChI=1S/C14H15NO4S/c1-11-4-3-5-13(15(11)19-2)10-12-6-8-14(9-7-12)20(16,17)18/h3-9H,10H2,1-2H3/p+1. The van der Waals surface area contributed by atoms with Crippen LogP contribution in [0.3, 0.4) is 0 Å². The second kappa shape index (κ2) is 5.60. The maximum absolute atomic E-state index is 11.0. The van der Waals surface area contributed by atoms with E-state index in [0.29, 0.717) is 6.42 Å². The molecule has 1 aromatic carbocycles. The van der Waals surface area contributed by atoms with Crippen LogP contribution < -0.4 is 9.57 Å². The molecule has 0 saturated carbocycles. The normalized spacial score (nSPS) is 11.3. The fraction of sp³-hybridized carbons (Fsp3) is 0.214. The van der Waals surface area contributed by atoms with Crippen LogP contribution in [0.1, 0.15) is 17.0 Å². The Morgan fingerprint density at radius 1 is 1.15 bits per heavy atom. The predicted molar refractivity (Wildman–Crippen MR) is 72.9 cm³/mol. The molecule has 6 heteroatoms. The summed E-state index contributed by atoms with van der Waals surface area (Å²) in [5.74, 6) is 0. The summed E-state index contributed by atoms with van der Waals surface area (Å²) in [7, 11) is -2.55. The second-order valence-electron chi connectivity index (χ2n) is 4.43. The molecular formula is C14H16NO4S+. The first-order chi connectivity index (χ1) is 9.41. The molecule has 0 saturated heterocycles. The van der Waals surface area contributed by atoms with Crippen LogP contribution in [0.4, 0.5) is 0 Å². The number of aryl methyl sites for hydroxylation is 1. The van der Waals surface area contributed by atoms with E-state index in [4.69, 9.17) is 9.39 Å². The first kappa shape index (κ1) is 14.5. The third kappa shape index (κ3) is 3.15. The number of benzene rings is 1. The van der Waals surface area contributed by atoms with Crippen LogP contribution >= 0.6 is 0 Å². The number of nitrogens with zero attached hydrogens (tertiary/aromatic N) is 1. The van der Waals surface area contributed by atoms with Gasteiger partial charge in [-0.1, -0.05) is 12.1 Å². The highest BCUT2D eigenvalue weighted by atomic mass is 32.2. The van der Waals surface area contributed by atoms with Gasteiger partial charge in [-0.15, -0.1) is 0 Å². The van der Waals surface area contributed by atoms with Gasteiger partial charge in [0, 0.05) is 23.8 Å². The molecule has 0 spiro atoms. The van der Waals surface area contributed by atoms with Crippen molar-refractivity contribution in [1.29, 1.82) is 0 Å². The van der Waals surface area contributed by atoms with Crippen molar-refractivity contribution in [1.82, 2.24) is 0 Å². The number of aromatic nitrogens is 1. The summed E-state index contributed by atoms with van der Waals surface area (Å²) < 4.78 is 32.6. The summed E-state index contributed by atoms with van der Waals surface area (Å²) in [4.78, 5) is 5.20. The van der Waals surface area contributed by atoms with Gasteiger partial charge in [0.05, 0.1) is 11.3 Å². The van der Waals surface area contributed by atoms with Crippen LogP contribution in [0.5, 0.6) is 0 Å². The van der Waals surface area contributed by atoms with Crippen LogP contribution in [0.25, 0.3) is 0 Å². The van der Waals surface area contributed by atoms with Gasteiger partial charge in [0.2, 0.25) is 11.4 Å². The van der Waals surface area contributed by atoms with Gasteiger partial charge in [0.15, 0.2) is 0 Å². The highest BCUT2D eigenvalue weighted by Crippen LogP contribution is 2.12. The van der Waals surface area contributed by atoms with E-state index in [9.17, 15) is 8.42 Å². The zero-order valence-electron chi connectivity index (χ0n) is 11.3. The molecule has 106 valence electrons. The fourth-order valence-electron chi connectivity index (χ4n) is 2.04. The predicted octanol–water partition coefficient (Wildman–Crippen LogP) is 1.18.